The van der Waals surface area contributed by atoms with Crippen molar-refractivity contribution in [2.45, 2.75) is 59.3 Å². The van der Waals surface area contributed by atoms with Gasteiger partial charge in [-0.05, 0) is 98.5 Å². The van der Waals surface area contributed by atoms with E-state index >= 15 is 0 Å². The van der Waals surface area contributed by atoms with Crippen LogP contribution in [0.4, 0.5) is 11.4 Å². The van der Waals surface area contributed by atoms with Gasteiger partial charge in [0.25, 0.3) is 0 Å². The summed E-state index contributed by atoms with van der Waals surface area (Å²) in [4.78, 5) is 0. The van der Waals surface area contributed by atoms with Gasteiger partial charge < -0.3 is 9.13 Å². The van der Waals surface area contributed by atoms with E-state index < -0.39 is 0 Å². The molecule has 0 aliphatic carbocycles. The van der Waals surface area contributed by atoms with E-state index in [2.05, 4.69) is 186 Å². The van der Waals surface area contributed by atoms with Crippen LogP contribution in [0.5, 0.6) is 0 Å². The fourth-order valence-electron chi connectivity index (χ4n) is 7.77. The van der Waals surface area contributed by atoms with Crippen LogP contribution < -0.4 is 10.0 Å². The van der Waals surface area contributed by atoms with E-state index in [-0.39, 0.29) is 6.17 Å². The molecule has 0 unspecified atom stereocenters. The van der Waals surface area contributed by atoms with Crippen LogP contribution >= 0.6 is 0 Å². The van der Waals surface area contributed by atoms with E-state index in [9.17, 15) is 0 Å². The van der Waals surface area contributed by atoms with Gasteiger partial charge in [-0.3, -0.25) is 0 Å². The molecule has 2 aromatic heterocycles. The van der Waals surface area contributed by atoms with Crippen LogP contribution in [0.3, 0.4) is 0 Å². The number of aromatic nitrogens is 2. The van der Waals surface area contributed by atoms with Crippen LogP contribution in [0.15, 0.2) is 156 Å². The molecule has 0 radical (unpaired) electrons. The predicted octanol–water partition coefficient (Wildman–Crippen LogP) is 11.8. The van der Waals surface area contributed by atoms with Gasteiger partial charge in [-0.15, -0.1) is 0 Å². The number of para-hydroxylation sites is 4. The van der Waals surface area contributed by atoms with Crippen molar-refractivity contribution in [2.75, 3.05) is 10.0 Å². The third-order valence-electron chi connectivity index (χ3n) is 10.3. The fraction of sp³-hybridized carbons (Fsp3) is 0.191. The van der Waals surface area contributed by atoms with Crippen molar-refractivity contribution in [3.63, 3.8) is 0 Å². The largest absolute Gasteiger partial charge is 0.341 e. The lowest BCUT2D eigenvalue weighted by molar-refractivity contribution is 0.513. The maximum atomic E-state index is 5.30. The molecule has 0 aliphatic rings. The van der Waals surface area contributed by atoms with E-state index in [0.717, 1.165) is 54.9 Å². The first-order valence-electron chi connectivity index (χ1n) is 19.0. The standard InChI is InChI=1S/C47H46N6/c1-4-7-26-47(52(37-18-10-8-11-19-37)48-33-35-27-29-45-41(31-35)39-22-14-16-24-43(39)50(45)5-2)53(38-20-12-9-13-21-38)49-34-36-28-30-46-42(32-36)40-23-15-17-25-44(40)51(46)6-3/h8-25,27-34,47H,4-7,26H2,1-3H3/b48-33+,49-34+. The van der Waals surface area contributed by atoms with Crippen LogP contribution in [0.1, 0.15) is 51.2 Å². The molecule has 0 saturated heterocycles. The monoisotopic (exact) mass is 694 g/mol. The van der Waals surface area contributed by atoms with Crippen LogP contribution in [0, 0.1) is 0 Å². The van der Waals surface area contributed by atoms with Gasteiger partial charge in [0, 0.05) is 56.7 Å². The lowest BCUT2D eigenvalue weighted by Crippen LogP contribution is -2.44. The summed E-state index contributed by atoms with van der Waals surface area (Å²) in [6, 6.07) is 51.7. The highest BCUT2D eigenvalue weighted by molar-refractivity contribution is 6.10. The Morgan fingerprint density at radius 3 is 1.34 bits per heavy atom. The second-order valence-corrected chi connectivity index (χ2v) is 13.5. The van der Waals surface area contributed by atoms with Crippen LogP contribution in [-0.2, 0) is 13.1 Å². The van der Waals surface area contributed by atoms with Crippen molar-refractivity contribution in [3.05, 3.63) is 157 Å². The summed E-state index contributed by atoms with van der Waals surface area (Å²) in [5.74, 6) is 0. The minimum absolute atomic E-state index is 0.191. The second-order valence-electron chi connectivity index (χ2n) is 13.5. The van der Waals surface area contributed by atoms with Crippen molar-refractivity contribution < 1.29 is 0 Å². The van der Waals surface area contributed by atoms with E-state index in [4.69, 9.17) is 10.2 Å². The average molecular weight is 695 g/mol. The Balaban J connectivity index is 1.22. The molecule has 8 rings (SSSR count). The molecule has 6 aromatic carbocycles. The molecule has 0 aliphatic heterocycles. The summed E-state index contributed by atoms with van der Waals surface area (Å²) in [5, 5.41) is 19.9. The summed E-state index contributed by atoms with van der Waals surface area (Å²) in [5.41, 5.74) is 9.15. The smallest absolute Gasteiger partial charge is 0.144 e. The zero-order valence-electron chi connectivity index (χ0n) is 30.8. The molecule has 0 amide bonds. The van der Waals surface area contributed by atoms with Gasteiger partial charge in [-0.25, -0.2) is 10.0 Å². The first-order chi connectivity index (χ1) is 26.2. The summed E-state index contributed by atoms with van der Waals surface area (Å²) in [6.45, 7) is 8.50. The summed E-state index contributed by atoms with van der Waals surface area (Å²) < 4.78 is 4.77. The molecule has 0 fully saturated rings. The zero-order valence-corrected chi connectivity index (χ0v) is 30.8. The highest BCUT2D eigenvalue weighted by Crippen LogP contribution is 2.32. The quantitative estimate of drug-likeness (QED) is 0.0685. The number of unbranched alkanes of at least 4 members (excludes halogenated alkanes) is 1. The van der Waals surface area contributed by atoms with Gasteiger partial charge in [0.15, 0.2) is 0 Å². The minimum atomic E-state index is -0.191. The highest BCUT2D eigenvalue weighted by atomic mass is 15.6. The summed E-state index contributed by atoms with van der Waals surface area (Å²) in [7, 11) is 0. The van der Waals surface area contributed by atoms with Crippen molar-refractivity contribution >= 4 is 67.4 Å². The third-order valence-corrected chi connectivity index (χ3v) is 10.3. The molecule has 0 saturated carbocycles. The van der Waals surface area contributed by atoms with Crippen molar-refractivity contribution in [2.24, 2.45) is 10.2 Å². The number of hydrogen-bond donors (Lipinski definition) is 0. The summed E-state index contributed by atoms with van der Waals surface area (Å²) in [6.07, 6.45) is 6.77. The molecule has 6 nitrogen and oxygen atoms in total. The lowest BCUT2D eigenvalue weighted by Gasteiger charge is -2.36. The molecular weight excluding hydrogens is 649 g/mol. The normalized spacial score (nSPS) is 12.1. The Hall–Kier alpha value is -6.14. The van der Waals surface area contributed by atoms with Crippen molar-refractivity contribution in [1.82, 2.24) is 9.13 Å². The maximum Gasteiger partial charge on any atom is 0.144 e. The molecule has 264 valence electrons. The number of hydrazone groups is 2. The highest BCUT2D eigenvalue weighted by Gasteiger charge is 2.26. The van der Waals surface area contributed by atoms with Gasteiger partial charge in [0.2, 0.25) is 0 Å². The lowest BCUT2D eigenvalue weighted by atomic mass is 10.1. The molecule has 2 heterocycles. The van der Waals surface area contributed by atoms with E-state index in [1.165, 1.54) is 43.6 Å². The number of anilines is 2. The predicted molar refractivity (Wildman–Crippen MR) is 227 cm³/mol. The van der Waals surface area contributed by atoms with Gasteiger partial charge in [-0.1, -0.05) is 98.3 Å². The number of aryl methyl sites for hydroxylation is 2. The van der Waals surface area contributed by atoms with E-state index in [0.29, 0.717) is 0 Å². The van der Waals surface area contributed by atoms with Gasteiger partial charge in [0.1, 0.15) is 6.17 Å². The molecule has 0 atom stereocenters. The number of hydrogen-bond acceptors (Lipinski definition) is 4. The maximum absolute atomic E-state index is 5.30. The first kappa shape index (κ1) is 34.0. The second kappa shape index (κ2) is 15.2. The van der Waals surface area contributed by atoms with E-state index in [1.807, 2.05) is 12.4 Å². The SMILES string of the molecule is CCCCC(N(/N=C/c1ccc2c(c1)c1ccccc1n2CC)c1ccccc1)N(/N=C/c1ccc2c(c1)c1ccccc1n2CC)c1ccccc1. The molecular formula is C47H46N6. The Kier molecular flexibility index (Phi) is 9.76. The van der Waals surface area contributed by atoms with Gasteiger partial charge >= 0.3 is 0 Å². The molecule has 0 spiro atoms. The Morgan fingerprint density at radius 2 is 0.906 bits per heavy atom. The fourth-order valence-corrected chi connectivity index (χ4v) is 7.77. The van der Waals surface area contributed by atoms with Crippen molar-refractivity contribution in [3.8, 4) is 0 Å². The molecule has 53 heavy (non-hydrogen) atoms. The molecule has 8 aromatic rings. The van der Waals surface area contributed by atoms with Crippen LogP contribution in [0.25, 0.3) is 43.6 Å². The third kappa shape index (κ3) is 6.57. The Bertz CT molecular complexity index is 2370. The van der Waals surface area contributed by atoms with Crippen molar-refractivity contribution in [1.29, 1.82) is 0 Å². The van der Waals surface area contributed by atoms with Gasteiger partial charge in [0.05, 0.1) is 23.8 Å². The zero-order chi connectivity index (χ0) is 36.1. The Labute approximate surface area is 311 Å². The average Bonchev–Trinajstić information content (AvgIpc) is 3.71. The van der Waals surface area contributed by atoms with Gasteiger partial charge in [-0.2, -0.15) is 10.2 Å². The number of benzene rings is 6. The number of fused-ring (bicyclic) bond motifs is 6. The molecule has 6 heteroatoms. The minimum Gasteiger partial charge on any atom is -0.341 e. The van der Waals surface area contributed by atoms with Crippen LogP contribution in [-0.4, -0.2) is 27.7 Å². The molecule has 0 N–H and O–H groups in total. The number of rotatable bonds is 13. The number of nitrogens with zero attached hydrogens (tertiary/aromatic N) is 6. The molecule has 0 bridgehead atoms. The topological polar surface area (TPSA) is 41.1 Å². The Morgan fingerprint density at radius 1 is 0.491 bits per heavy atom. The van der Waals surface area contributed by atoms with E-state index in [1.54, 1.807) is 0 Å². The first-order valence-corrected chi connectivity index (χ1v) is 19.0. The summed E-state index contributed by atoms with van der Waals surface area (Å²) >= 11 is 0. The van der Waals surface area contributed by atoms with Crippen LogP contribution in [0.2, 0.25) is 0 Å².